The summed E-state index contributed by atoms with van der Waals surface area (Å²) < 4.78 is 0. The molecular weight excluding hydrogens is 377 g/mol. The van der Waals surface area contributed by atoms with Crippen LogP contribution in [0.5, 0.6) is 0 Å². The van der Waals surface area contributed by atoms with E-state index in [9.17, 15) is 5.11 Å². The van der Waals surface area contributed by atoms with Crippen molar-refractivity contribution in [1.29, 1.82) is 0 Å². The number of guanidine groups is 1. The number of likely N-dealkylation sites (tertiary alicyclic amines) is 1. The first-order chi connectivity index (χ1) is 9.74. The van der Waals surface area contributed by atoms with E-state index in [4.69, 9.17) is 4.99 Å². The minimum Gasteiger partial charge on any atom is -0.391 e. The first kappa shape index (κ1) is 18.2. The van der Waals surface area contributed by atoms with E-state index in [1.54, 1.807) is 0 Å². The van der Waals surface area contributed by atoms with Gasteiger partial charge in [0.25, 0.3) is 0 Å². The van der Waals surface area contributed by atoms with Crippen LogP contribution in [0.15, 0.2) is 29.3 Å². The van der Waals surface area contributed by atoms with Crippen LogP contribution < -0.4 is 5.32 Å². The van der Waals surface area contributed by atoms with Crippen molar-refractivity contribution >= 4 is 29.9 Å². The van der Waals surface area contributed by atoms with Crippen molar-refractivity contribution < 1.29 is 5.11 Å². The van der Waals surface area contributed by atoms with Crippen molar-refractivity contribution in [2.24, 2.45) is 4.99 Å². The van der Waals surface area contributed by atoms with E-state index in [-0.39, 0.29) is 30.1 Å². The molecule has 2 N–H and O–H groups in total. The van der Waals surface area contributed by atoms with Crippen molar-refractivity contribution in [2.75, 3.05) is 19.6 Å². The van der Waals surface area contributed by atoms with Crippen LogP contribution in [0.3, 0.4) is 0 Å². The number of halogens is 1. The van der Waals surface area contributed by atoms with Gasteiger partial charge in [-0.05, 0) is 30.9 Å². The van der Waals surface area contributed by atoms with Gasteiger partial charge in [0.15, 0.2) is 5.96 Å². The zero-order valence-electron chi connectivity index (χ0n) is 12.9. The van der Waals surface area contributed by atoms with Gasteiger partial charge >= 0.3 is 0 Å². The maximum atomic E-state index is 9.66. The molecule has 1 aliphatic heterocycles. The lowest BCUT2D eigenvalue weighted by Crippen LogP contribution is -2.40. The summed E-state index contributed by atoms with van der Waals surface area (Å²) in [6, 6.07) is 8.45. The fourth-order valence-electron chi connectivity index (χ4n) is 2.58. The summed E-state index contributed by atoms with van der Waals surface area (Å²) in [6.07, 6.45) is 1.64. The molecule has 1 fully saturated rings. The molecular formula is C16H26IN3O. The number of aliphatic hydroxyl groups is 1. The highest BCUT2D eigenvalue weighted by molar-refractivity contribution is 14.0. The van der Waals surface area contributed by atoms with Crippen LogP contribution in [-0.2, 0) is 13.0 Å². The largest absolute Gasteiger partial charge is 0.391 e. The molecule has 1 aliphatic rings. The summed E-state index contributed by atoms with van der Waals surface area (Å²) in [5.74, 6) is 0.912. The van der Waals surface area contributed by atoms with Gasteiger partial charge in [0, 0.05) is 19.6 Å². The van der Waals surface area contributed by atoms with Gasteiger partial charge in [0.1, 0.15) is 0 Å². The van der Waals surface area contributed by atoms with Gasteiger partial charge < -0.3 is 15.3 Å². The number of β-amino-alcohol motifs (C(OH)–C–C–N with tert-alkyl or cyclic N) is 1. The third-order valence-electron chi connectivity index (χ3n) is 3.70. The molecule has 118 valence electrons. The smallest absolute Gasteiger partial charge is 0.194 e. The summed E-state index contributed by atoms with van der Waals surface area (Å²) in [5.41, 5.74) is 2.64. The minimum absolute atomic E-state index is 0. The number of aliphatic hydroxyl groups excluding tert-OH is 1. The third kappa shape index (κ3) is 5.14. The monoisotopic (exact) mass is 403 g/mol. The van der Waals surface area contributed by atoms with E-state index < -0.39 is 0 Å². The number of aliphatic imine (C=N–C) groups is 1. The van der Waals surface area contributed by atoms with Crippen LogP contribution in [-0.4, -0.2) is 41.7 Å². The van der Waals surface area contributed by atoms with Gasteiger partial charge in [0.05, 0.1) is 12.6 Å². The van der Waals surface area contributed by atoms with Gasteiger partial charge in [-0.3, -0.25) is 0 Å². The lowest BCUT2D eigenvalue weighted by molar-refractivity contribution is 0.188. The fourth-order valence-corrected chi connectivity index (χ4v) is 2.58. The number of hydrogen-bond acceptors (Lipinski definition) is 2. The van der Waals surface area contributed by atoms with E-state index in [1.165, 1.54) is 11.1 Å². The van der Waals surface area contributed by atoms with Crippen molar-refractivity contribution in [3.63, 3.8) is 0 Å². The first-order valence-corrected chi connectivity index (χ1v) is 7.52. The van der Waals surface area contributed by atoms with Crippen molar-refractivity contribution in [3.05, 3.63) is 35.4 Å². The molecule has 0 spiro atoms. The predicted octanol–water partition coefficient (Wildman–Crippen LogP) is 2.40. The molecule has 0 radical (unpaired) electrons. The quantitative estimate of drug-likeness (QED) is 0.461. The Labute approximate surface area is 144 Å². The van der Waals surface area contributed by atoms with Crippen LogP contribution in [0, 0.1) is 0 Å². The molecule has 21 heavy (non-hydrogen) atoms. The first-order valence-electron chi connectivity index (χ1n) is 7.52. The Hall–Kier alpha value is -0.820. The Kier molecular flexibility index (Phi) is 8.03. The number of rotatable bonds is 4. The molecule has 0 aromatic heterocycles. The third-order valence-corrected chi connectivity index (χ3v) is 3.70. The lowest BCUT2D eigenvalue weighted by atomic mass is 10.1. The van der Waals surface area contributed by atoms with Crippen LogP contribution in [0.2, 0.25) is 0 Å². The van der Waals surface area contributed by atoms with E-state index >= 15 is 0 Å². The molecule has 1 aromatic carbocycles. The molecule has 0 saturated carbocycles. The van der Waals surface area contributed by atoms with Crippen LogP contribution >= 0.6 is 24.0 Å². The lowest BCUT2D eigenvalue weighted by Gasteiger charge is -2.21. The Balaban J connectivity index is 0.00000220. The number of benzene rings is 1. The van der Waals surface area contributed by atoms with E-state index in [0.717, 1.165) is 31.9 Å². The SMILES string of the molecule is CCNC(=NCc1ccccc1CC)N1CC[C@@H](O)C1.I. The van der Waals surface area contributed by atoms with Crippen molar-refractivity contribution in [3.8, 4) is 0 Å². The second-order valence-electron chi connectivity index (χ2n) is 5.18. The maximum Gasteiger partial charge on any atom is 0.194 e. The number of nitrogens with one attached hydrogen (secondary N) is 1. The topological polar surface area (TPSA) is 47.9 Å². The highest BCUT2D eigenvalue weighted by Gasteiger charge is 2.22. The van der Waals surface area contributed by atoms with Crippen LogP contribution in [0.25, 0.3) is 0 Å². The molecule has 0 aliphatic carbocycles. The maximum absolute atomic E-state index is 9.66. The van der Waals surface area contributed by atoms with Gasteiger partial charge in [-0.15, -0.1) is 24.0 Å². The molecule has 1 heterocycles. The van der Waals surface area contributed by atoms with Crippen molar-refractivity contribution in [1.82, 2.24) is 10.2 Å². The van der Waals surface area contributed by atoms with Gasteiger partial charge in [-0.25, -0.2) is 4.99 Å². The Morgan fingerprint density at radius 1 is 1.33 bits per heavy atom. The molecule has 0 unspecified atom stereocenters. The van der Waals surface area contributed by atoms with Gasteiger partial charge in [-0.1, -0.05) is 31.2 Å². The molecule has 1 saturated heterocycles. The molecule has 1 atom stereocenters. The Morgan fingerprint density at radius 2 is 2.05 bits per heavy atom. The summed E-state index contributed by atoms with van der Waals surface area (Å²) in [6.45, 7) is 7.34. The summed E-state index contributed by atoms with van der Waals surface area (Å²) in [4.78, 5) is 6.87. The Morgan fingerprint density at radius 3 is 2.62 bits per heavy atom. The average molecular weight is 403 g/mol. The fraction of sp³-hybridized carbons (Fsp3) is 0.562. The highest BCUT2D eigenvalue weighted by atomic mass is 127. The highest BCUT2D eigenvalue weighted by Crippen LogP contribution is 2.13. The second kappa shape index (κ2) is 9.25. The van der Waals surface area contributed by atoms with Gasteiger partial charge in [0.2, 0.25) is 0 Å². The van der Waals surface area contributed by atoms with Crippen molar-refractivity contribution in [2.45, 2.75) is 39.3 Å². The van der Waals surface area contributed by atoms with Gasteiger partial charge in [-0.2, -0.15) is 0 Å². The molecule has 4 nitrogen and oxygen atoms in total. The number of aryl methyl sites for hydroxylation is 1. The molecule has 2 rings (SSSR count). The Bertz CT molecular complexity index is 465. The van der Waals surface area contributed by atoms with E-state index in [2.05, 4.69) is 48.3 Å². The molecule has 1 aromatic rings. The van der Waals surface area contributed by atoms with E-state index in [1.807, 2.05) is 0 Å². The number of hydrogen-bond donors (Lipinski definition) is 2. The zero-order valence-corrected chi connectivity index (χ0v) is 15.2. The average Bonchev–Trinajstić information content (AvgIpc) is 2.90. The summed E-state index contributed by atoms with van der Waals surface area (Å²) in [7, 11) is 0. The predicted molar refractivity (Wildman–Crippen MR) is 98.2 cm³/mol. The van der Waals surface area contributed by atoms with Crippen LogP contribution in [0.4, 0.5) is 0 Å². The normalized spacial score (nSPS) is 18.5. The number of nitrogens with zero attached hydrogens (tertiary/aromatic N) is 2. The molecule has 5 heteroatoms. The minimum atomic E-state index is -0.221. The summed E-state index contributed by atoms with van der Waals surface area (Å²) in [5, 5.41) is 13.0. The molecule has 0 bridgehead atoms. The second-order valence-corrected chi connectivity index (χ2v) is 5.18. The molecule has 0 amide bonds. The van der Waals surface area contributed by atoms with E-state index in [0.29, 0.717) is 13.1 Å². The summed E-state index contributed by atoms with van der Waals surface area (Å²) >= 11 is 0. The standard InChI is InChI=1S/C16H25N3O.HI/c1-3-13-7-5-6-8-14(13)11-18-16(17-4-2)19-10-9-15(20)12-19;/h5-8,15,20H,3-4,9-12H2,1-2H3,(H,17,18);1H/t15-;/m1./s1. The van der Waals surface area contributed by atoms with Crippen LogP contribution in [0.1, 0.15) is 31.4 Å². The zero-order chi connectivity index (χ0) is 14.4.